The van der Waals surface area contributed by atoms with E-state index in [-0.39, 0.29) is 0 Å². The van der Waals surface area contributed by atoms with Crippen LogP contribution in [0.1, 0.15) is 32.0 Å². The van der Waals surface area contributed by atoms with Gasteiger partial charge in [-0.2, -0.15) is 5.10 Å². The molecule has 1 unspecified atom stereocenters. The maximum atomic E-state index is 4.44. The number of aryl methyl sites for hydroxylation is 1. The molecule has 1 aromatic heterocycles. The smallest absolute Gasteiger partial charge is 0.0587 e. The van der Waals surface area contributed by atoms with Crippen molar-refractivity contribution in [2.45, 2.75) is 37.8 Å². The zero-order valence-corrected chi connectivity index (χ0v) is 15.0. The number of aromatic nitrogens is 2. The fourth-order valence-corrected chi connectivity index (χ4v) is 3.48. The Morgan fingerprint density at radius 2 is 2.00 bits per heavy atom. The topological polar surface area (TPSA) is 29.9 Å². The molecule has 0 aliphatic rings. The van der Waals surface area contributed by atoms with E-state index in [9.17, 15) is 0 Å². The fraction of sp³-hybridized carbons (Fsp3) is 0.438. The molecule has 1 N–H and O–H groups in total. The van der Waals surface area contributed by atoms with E-state index in [1.54, 1.807) is 0 Å². The Morgan fingerprint density at radius 1 is 1.24 bits per heavy atom. The first kappa shape index (κ1) is 16.6. The first-order valence-electron chi connectivity index (χ1n) is 7.38. The molecule has 0 saturated heterocycles. The van der Waals surface area contributed by atoms with Gasteiger partial charge in [0.2, 0.25) is 0 Å². The van der Waals surface area contributed by atoms with E-state index in [0.29, 0.717) is 6.04 Å². The van der Waals surface area contributed by atoms with Gasteiger partial charge in [-0.25, -0.2) is 0 Å². The largest absolute Gasteiger partial charge is 0.308 e. The molecule has 1 heterocycles. The Hall–Kier alpha value is -0.780. The summed E-state index contributed by atoms with van der Waals surface area (Å²) in [5.41, 5.74) is 1.28. The second-order valence-electron chi connectivity index (χ2n) is 4.85. The van der Waals surface area contributed by atoms with Crippen molar-refractivity contribution in [1.29, 1.82) is 0 Å². The van der Waals surface area contributed by atoms with E-state index in [1.165, 1.54) is 10.6 Å². The number of hydrogen-bond acceptors (Lipinski definition) is 3. The molecule has 0 bridgehead atoms. The summed E-state index contributed by atoms with van der Waals surface area (Å²) < 4.78 is 3.24. The van der Waals surface area contributed by atoms with Crippen LogP contribution in [0.4, 0.5) is 0 Å². The van der Waals surface area contributed by atoms with Crippen molar-refractivity contribution in [3.05, 3.63) is 46.7 Å². The molecular weight excluding hydrogens is 346 g/mol. The second-order valence-corrected chi connectivity index (χ2v) is 6.86. The minimum Gasteiger partial charge on any atom is -0.308 e. The number of hydrogen-bond donors (Lipinski definition) is 1. The van der Waals surface area contributed by atoms with E-state index in [0.717, 1.165) is 29.7 Å². The summed E-state index contributed by atoms with van der Waals surface area (Å²) in [7, 11) is 0. The zero-order valence-electron chi connectivity index (χ0n) is 12.6. The highest BCUT2D eigenvalue weighted by Crippen LogP contribution is 2.26. The van der Waals surface area contributed by atoms with Crippen molar-refractivity contribution >= 4 is 27.7 Å². The lowest BCUT2D eigenvalue weighted by atomic mass is 10.2. The average Bonchev–Trinajstić information content (AvgIpc) is 2.94. The van der Waals surface area contributed by atoms with Crippen LogP contribution in [0.25, 0.3) is 0 Å². The minimum absolute atomic E-state index is 0.331. The first-order chi connectivity index (χ1) is 10.2. The van der Waals surface area contributed by atoms with Crippen molar-refractivity contribution in [2.75, 3.05) is 12.3 Å². The van der Waals surface area contributed by atoms with Gasteiger partial charge in [-0.15, -0.1) is 11.8 Å². The molecule has 5 heteroatoms. The number of nitrogens with zero attached hydrogens (tertiary/aromatic N) is 2. The van der Waals surface area contributed by atoms with Crippen LogP contribution in [0.3, 0.4) is 0 Å². The number of nitrogens with one attached hydrogen (secondary N) is 1. The van der Waals surface area contributed by atoms with Crippen molar-refractivity contribution < 1.29 is 0 Å². The third kappa shape index (κ3) is 4.87. The minimum atomic E-state index is 0.331. The van der Waals surface area contributed by atoms with Crippen LogP contribution < -0.4 is 5.32 Å². The number of halogens is 1. The number of rotatable bonds is 8. The molecule has 0 amide bonds. The third-order valence-corrected chi connectivity index (χ3v) is 4.86. The zero-order chi connectivity index (χ0) is 15.1. The van der Waals surface area contributed by atoms with Gasteiger partial charge in [-0.05, 0) is 43.3 Å². The molecule has 2 rings (SSSR count). The van der Waals surface area contributed by atoms with Gasteiger partial charge < -0.3 is 5.32 Å². The van der Waals surface area contributed by atoms with Crippen LogP contribution in [0.5, 0.6) is 0 Å². The standard InChI is InChI=1S/C16H22BrN3S/c1-3-11-20-16(9-10-19-20)15(18-4-2)12-21-14-7-5-13(17)6-8-14/h5-10,15,18H,3-4,11-12H2,1-2H3. The molecule has 0 aliphatic heterocycles. The maximum absolute atomic E-state index is 4.44. The summed E-state index contributed by atoms with van der Waals surface area (Å²) in [5, 5.41) is 8.01. The molecule has 2 aromatic rings. The highest BCUT2D eigenvalue weighted by molar-refractivity contribution is 9.10. The van der Waals surface area contributed by atoms with Crippen LogP contribution in [0, 0.1) is 0 Å². The van der Waals surface area contributed by atoms with Gasteiger partial charge in [0, 0.05) is 27.9 Å². The summed E-state index contributed by atoms with van der Waals surface area (Å²) in [6, 6.07) is 10.9. The fourth-order valence-electron chi connectivity index (χ4n) is 2.24. The Morgan fingerprint density at radius 3 is 2.67 bits per heavy atom. The summed E-state index contributed by atoms with van der Waals surface area (Å²) in [5.74, 6) is 1.00. The molecule has 114 valence electrons. The van der Waals surface area contributed by atoms with E-state index in [4.69, 9.17) is 0 Å². The van der Waals surface area contributed by atoms with Crippen LogP contribution in [0.2, 0.25) is 0 Å². The lowest BCUT2D eigenvalue weighted by Crippen LogP contribution is -2.25. The highest BCUT2D eigenvalue weighted by Gasteiger charge is 2.15. The normalized spacial score (nSPS) is 12.5. The maximum Gasteiger partial charge on any atom is 0.0587 e. The van der Waals surface area contributed by atoms with E-state index in [2.05, 4.69) is 75.2 Å². The molecule has 0 spiro atoms. The van der Waals surface area contributed by atoms with Gasteiger partial charge in [-0.3, -0.25) is 4.68 Å². The van der Waals surface area contributed by atoms with Gasteiger partial charge in [0.15, 0.2) is 0 Å². The Bertz CT molecular complexity index is 539. The molecular formula is C16H22BrN3S. The van der Waals surface area contributed by atoms with Crippen LogP contribution in [0.15, 0.2) is 45.9 Å². The summed E-state index contributed by atoms with van der Waals surface area (Å²) in [4.78, 5) is 1.29. The Labute approximate surface area is 139 Å². The van der Waals surface area contributed by atoms with E-state index < -0.39 is 0 Å². The predicted molar refractivity (Wildman–Crippen MR) is 93.8 cm³/mol. The lowest BCUT2D eigenvalue weighted by Gasteiger charge is -2.19. The first-order valence-corrected chi connectivity index (χ1v) is 9.16. The van der Waals surface area contributed by atoms with E-state index >= 15 is 0 Å². The summed E-state index contributed by atoms with van der Waals surface area (Å²) >= 11 is 5.35. The SMILES string of the molecule is CCCn1nccc1C(CSc1ccc(Br)cc1)NCC. The van der Waals surface area contributed by atoms with Gasteiger partial charge in [0.05, 0.1) is 11.7 Å². The second kappa shape index (κ2) is 8.61. The summed E-state index contributed by atoms with van der Waals surface area (Å²) in [6.45, 7) is 6.28. The monoisotopic (exact) mass is 367 g/mol. The Balaban J connectivity index is 2.04. The van der Waals surface area contributed by atoms with Crippen LogP contribution >= 0.6 is 27.7 Å². The molecule has 0 aliphatic carbocycles. The molecule has 3 nitrogen and oxygen atoms in total. The van der Waals surface area contributed by atoms with Gasteiger partial charge in [0.1, 0.15) is 0 Å². The van der Waals surface area contributed by atoms with Crippen LogP contribution in [-0.4, -0.2) is 22.1 Å². The molecule has 0 fully saturated rings. The predicted octanol–water partition coefficient (Wildman–Crippen LogP) is 4.50. The number of benzene rings is 1. The Kier molecular flexibility index (Phi) is 6.80. The highest BCUT2D eigenvalue weighted by atomic mass is 79.9. The summed E-state index contributed by atoms with van der Waals surface area (Å²) in [6.07, 6.45) is 3.01. The van der Waals surface area contributed by atoms with E-state index in [1.807, 2.05) is 18.0 Å². The quantitative estimate of drug-likeness (QED) is 0.696. The van der Waals surface area contributed by atoms with Gasteiger partial charge >= 0.3 is 0 Å². The van der Waals surface area contributed by atoms with Crippen molar-refractivity contribution in [1.82, 2.24) is 15.1 Å². The van der Waals surface area contributed by atoms with Crippen molar-refractivity contribution in [3.8, 4) is 0 Å². The lowest BCUT2D eigenvalue weighted by molar-refractivity contribution is 0.508. The third-order valence-electron chi connectivity index (χ3n) is 3.22. The molecule has 0 radical (unpaired) electrons. The molecule has 21 heavy (non-hydrogen) atoms. The molecule has 1 aromatic carbocycles. The van der Waals surface area contributed by atoms with Gasteiger partial charge in [-0.1, -0.05) is 29.8 Å². The van der Waals surface area contributed by atoms with Crippen LogP contribution in [-0.2, 0) is 6.54 Å². The van der Waals surface area contributed by atoms with Crippen molar-refractivity contribution in [3.63, 3.8) is 0 Å². The molecule has 1 atom stereocenters. The number of thioether (sulfide) groups is 1. The molecule has 0 saturated carbocycles. The van der Waals surface area contributed by atoms with Gasteiger partial charge in [0.25, 0.3) is 0 Å². The average molecular weight is 368 g/mol. The van der Waals surface area contributed by atoms with Crippen molar-refractivity contribution in [2.24, 2.45) is 0 Å².